The van der Waals surface area contributed by atoms with Gasteiger partial charge in [-0.2, -0.15) is 0 Å². The third-order valence-corrected chi connectivity index (χ3v) is 6.19. The van der Waals surface area contributed by atoms with Gasteiger partial charge in [0.25, 0.3) is 0 Å². The molecule has 0 aromatic heterocycles. The fourth-order valence-electron chi connectivity index (χ4n) is 3.75. The van der Waals surface area contributed by atoms with Crippen LogP contribution < -0.4 is 15.0 Å². The summed E-state index contributed by atoms with van der Waals surface area (Å²) < 4.78 is 5.73. The Labute approximate surface area is 199 Å². The molecule has 2 N–H and O–H groups in total. The van der Waals surface area contributed by atoms with Crippen LogP contribution in [-0.4, -0.2) is 30.7 Å². The van der Waals surface area contributed by atoms with Crippen molar-refractivity contribution < 1.29 is 14.6 Å². The monoisotopic (exact) mass is 452 g/mol. The number of rotatable bonds is 7. The molecule has 2 aromatic carbocycles. The number of hydrogen-bond acceptors (Lipinski definition) is 4. The molecule has 180 valence electrons. The zero-order valence-corrected chi connectivity index (χ0v) is 20.4. The van der Waals surface area contributed by atoms with Crippen LogP contribution in [0.15, 0.2) is 48.5 Å². The number of carbonyl (C=O) groups is 1. The van der Waals surface area contributed by atoms with E-state index >= 15 is 0 Å². The number of aromatic hydroxyl groups is 1. The summed E-state index contributed by atoms with van der Waals surface area (Å²) in [6, 6.07) is 15.5. The maximum atomic E-state index is 11.5. The Morgan fingerprint density at radius 1 is 1.00 bits per heavy atom. The predicted octanol–water partition coefficient (Wildman–Crippen LogP) is 6.08. The van der Waals surface area contributed by atoms with Gasteiger partial charge >= 0.3 is 0 Å². The minimum Gasteiger partial charge on any atom is -0.508 e. The van der Waals surface area contributed by atoms with Crippen molar-refractivity contribution >= 4 is 11.6 Å². The molecule has 33 heavy (non-hydrogen) atoms. The molecule has 1 amide bonds. The fraction of sp³-hybridized carbons (Fsp3) is 0.536. The molecule has 1 atom stereocenters. The van der Waals surface area contributed by atoms with Crippen molar-refractivity contribution in [2.75, 3.05) is 24.6 Å². The van der Waals surface area contributed by atoms with Crippen molar-refractivity contribution in [3.05, 3.63) is 54.1 Å². The number of phenolic OH excluding ortho intramolecular Hbond substituents is 1. The summed E-state index contributed by atoms with van der Waals surface area (Å²) in [5.41, 5.74) is 2.36. The number of amides is 1. The molecule has 5 heteroatoms. The number of ether oxygens (including phenoxy) is 1. The van der Waals surface area contributed by atoms with E-state index < -0.39 is 0 Å². The number of nitrogens with one attached hydrogen (secondary N) is 1. The lowest BCUT2D eigenvalue weighted by molar-refractivity contribution is -0.122. The van der Waals surface area contributed by atoms with E-state index in [1.807, 2.05) is 32.9 Å². The third kappa shape index (κ3) is 8.30. The molecule has 1 saturated heterocycles. The molecule has 1 aliphatic heterocycles. The summed E-state index contributed by atoms with van der Waals surface area (Å²) >= 11 is 0. The van der Waals surface area contributed by atoms with Crippen LogP contribution in [0.3, 0.4) is 0 Å². The second kappa shape index (κ2) is 12.5. The molecule has 0 spiro atoms. The van der Waals surface area contributed by atoms with Crippen molar-refractivity contribution in [3.8, 4) is 11.5 Å². The summed E-state index contributed by atoms with van der Waals surface area (Å²) in [7, 11) is 0. The molecule has 2 saturated carbocycles. The second-order valence-corrected chi connectivity index (χ2v) is 9.04. The summed E-state index contributed by atoms with van der Waals surface area (Å²) in [5, 5.41) is 12.1. The number of carbonyl (C=O) groups excluding carboxylic acids is 1. The highest BCUT2D eigenvalue weighted by Gasteiger charge is 2.30. The van der Waals surface area contributed by atoms with E-state index in [2.05, 4.69) is 34.5 Å². The van der Waals surface area contributed by atoms with Gasteiger partial charge in [0.2, 0.25) is 5.91 Å². The highest BCUT2D eigenvalue weighted by Crippen LogP contribution is 2.31. The Hall–Kier alpha value is -2.69. The number of benzene rings is 2. The van der Waals surface area contributed by atoms with E-state index in [0.717, 1.165) is 36.7 Å². The molecule has 5 nitrogen and oxygen atoms in total. The van der Waals surface area contributed by atoms with E-state index in [-0.39, 0.29) is 23.6 Å². The molecule has 3 fully saturated rings. The smallest absolute Gasteiger partial charge is 0.223 e. The Kier molecular flexibility index (Phi) is 9.47. The summed E-state index contributed by atoms with van der Waals surface area (Å²) in [6.45, 7) is 9.28. The number of anilines is 1. The lowest BCUT2D eigenvalue weighted by Crippen LogP contribution is -2.27. The third-order valence-electron chi connectivity index (χ3n) is 6.19. The number of hydrogen-bond donors (Lipinski definition) is 2. The van der Waals surface area contributed by atoms with Gasteiger partial charge in [0.1, 0.15) is 11.5 Å². The van der Waals surface area contributed by atoms with Gasteiger partial charge in [-0.3, -0.25) is 4.79 Å². The minimum atomic E-state index is 0.0127. The van der Waals surface area contributed by atoms with E-state index in [1.54, 1.807) is 12.1 Å². The molecule has 3 aliphatic rings. The Morgan fingerprint density at radius 3 is 2.15 bits per heavy atom. The van der Waals surface area contributed by atoms with Gasteiger partial charge in [0.15, 0.2) is 0 Å². The summed E-state index contributed by atoms with van der Waals surface area (Å²) in [4.78, 5) is 13.9. The van der Waals surface area contributed by atoms with Gasteiger partial charge in [-0.25, -0.2) is 0 Å². The standard InChI is InChI=1S/C14H19NO.C12H15NO2.C2H6/c1-2-10-15(9-1)13-5-7-14(8-6-13)16-11-12-3-4-12;1-8(13-12(15)10-2-3-10)9-4-6-11(14)7-5-9;1-2/h5-8,12H,1-4,9-11H2;4-8,10,14H,2-3H2,1H3,(H,13,15);1-2H3. The molecule has 2 aromatic rings. The van der Waals surface area contributed by atoms with Gasteiger partial charge < -0.3 is 20.1 Å². The minimum absolute atomic E-state index is 0.0127. The molecular weight excluding hydrogens is 412 g/mol. The predicted molar refractivity (Wildman–Crippen MR) is 135 cm³/mol. The van der Waals surface area contributed by atoms with Crippen molar-refractivity contribution in [1.82, 2.24) is 5.32 Å². The fourth-order valence-corrected chi connectivity index (χ4v) is 3.75. The van der Waals surface area contributed by atoms with E-state index in [9.17, 15) is 4.79 Å². The first kappa shape index (κ1) is 24.9. The van der Waals surface area contributed by atoms with Gasteiger partial charge in [-0.1, -0.05) is 26.0 Å². The van der Waals surface area contributed by atoms with E-state index in [4.69, 9.17) is 9.84 Å². The molecule has 2 aliphatic carbocycles. The molecule has 0 radical (unpaired) electrons. The highest BCUT2D eigenvalue weighted by atomic mass is 16.5. The molecule has 0 bridgehead atoms. The maximum absolute atomic E-state index is 11.5. The number of phenols is 1. The van der Waals surface area contributed by atoms with Crippen LogP contribution in [0.1, 0.15) is 70.9 Å². The van der Waals surface area contributed by atoms with Crippen LogP contribution in [0.2, 0.25) is 0 Å². The normalized spacial score (nSPS) is 17.7. The van der Waals surface area contributed by atoms with Crippen LogP contribution in [0.4, 0.5) is 5.69 Å². The molecule has 1 heterocycles. The van der Waals surface area contributed by atoms with Crippen LogP contribution in [0.5, 0.6) is 11.5 Å². The van der Waals surface area contributed by atoms with E-state index in [0.29, 0.717) is 0 Å². The zero-order chi connectivity index (χ0) is 23.6. The first-order valence-electron chi connectivity index (χ1n) is 12.7. The van der Waals surface area contributed by atoms with Gasteiger partial charge in [0.05, 0.1) is 12.6 Å². The van der Waals surface area contributed by atoms with Crippen molar-refractivity contribution in [3.63, 3.8) is 0 Å². The summed E-state index contributed by atoms with van der Waals surface area (Å²) in [6.07, 6.45) is 7.42. The van der Waals surface area contributed by atoms with Crippen molar-refractivity contribution in [2.24, 2.45) is 11.8 Å². The van der Waals surface area contributed by atoms with Gasteiger partial charge in [0, 0.05) is 24.7 Å². The second-order valence-electron chi connectivity index (χ2n) is 9.04. The Balaban J connectivity index is 0.000000173. The molecule has 5 rings (SSSR count). The first-order chi connectivity index (χ1) is 16.1. The highest BCUT2D eigenvalue weighted by molar-refractivity contribution is 5.81. The van der Waals surface area contributed by atoms with Crippen molar-refractivity contribution in [1.29, 1.82) is 0 Å². The van der Waals surface area contributed by atoms with Crippen LogP contribution in [0.25, 0.3) is 0 Å². The van der Waals surface area contributed by atoms with Gasteiger partial charge in [-0.05, 0) is 93.3 Å². The van der Waals surface area contributed by atoms with Crippen LogP contribution in [-0.2, 0) is 4.79 Å². The quantitative estimate of drug-likeness (QED) is 0.534. The molecule has 1 unspecified atom stereocenters. The van der Waals surface area contributed by atoms with Crippen LogP contribution in [0, 0.1) is 11.8 Å². The van der Waals surface area contributed by atoms with Crippen LogP contribution >= 0.6 is 0 Å². The zero-order valence-electron chi connectivity index (χ0n) is 20.4. The van der Waals surface area contributed by atoms with E-state index in [1.165, 1.54) is 44.5 Å². The van der Waals surface area contributed by atoms with Gasteiger partial charge in [-0.15, -0.1) is 0 Å². The molecular formula is C28H40N2O3. The number of nitrogens with zero attached hydrogens (tertiary/aromatic N) is 1. The summed E-state index contributed by atoms with van der Waals surface area (Å²) in [5.74, 6) is 2.49. The SMILES string of the molecule is CC.CC(NC(=O)C1CC1)c1ccc(O)cc1.c1cc(N2CCCC2)ccc1OCC1CC1. The lowest BCUT2D eigenvalue weighted by Gasteiger charge is -2.17. The lowest BCUT2D eigenvalue weighted by atomic mass is 10.1. The Bertz CT molecular complexity index is 836. The maximum Gasteiger partial charge on any atom is 0.223 e. The first-order valence-corrected chi connectivity index (χ1v) is 12.7. The Morgan fingerprint density at radius 2 is 1.61 bits per heavy atom. The average molecular weight is 453 g/mol. The average Bonchev–Trinajstić information content (AvgIpc) is 3.79. The largest absolute Gasteiger partial charge is 0.508 e. The van der Waals surface area contributed by atoms with Crippen molar-refractivity contribution in [2.45, 2.75) is 65.3 Å². The topological polar surface area (TPSA) is 61.8 Å².